The molecule has 0 saturated heterocycles. The molecule has 0 aliphatic carbocycles. The molecule has 1 unspecified atom stereocenters. The van der Waals surface area contributed by atoms with Crippen molar-refractivity contribution in [3.05, 3.63) is 0 Å². The monoisotopic (exact) mass is 135 g/mol. The van der Waals surface area contributed by atoms with Gasteiger partial charge in [0, 0.05) is 0 Å². The van der Waals surface area contributed by atoms with Crippen LogP contribution in [0.25, 0.3) is 0 Å². The van der Waals surface area contributed by atoms with Gasteiger partial charge in [-0.2, -0.15) is 0 Å². The van der Waals surface area contributed by atoms with Crippen molar-refractivity contribution >= 4 is 12.4 Å². The third-order valence-electron chi connectivity index (χ3n) is 0.596. The zero-order valence-corrected chi connectivity index (χ0v) is 4.50. The fourth-order valence-electron chi connectivity index (χ4n) is 0.233. The van der Waals surface area contributed by atoms with Crippen LogP contribution >= 0.6 is 0 Å². The Labute approximate surface area is 50.7 Å². The van der Waals surface area contributed by atoms with Crippen LogP contribution in [0.4, 0.5) is 9.18 Å². The molecule has 0 fully saturated rings. The average Bonchev–Trinajstić information content (AvgIpc) is 1.83. The van der Waals surface area contributed by atoms with Crippen molar-refractivity contribution in [3.8, 4) is 0 Å². The zero-order valence-electron chi connectivity index (χ0n) is 4.50. The molecule has 0 aliphatic heterocycles. The minimum absolute atomic E-state index is 0.0376. The molecule has 4 nitrogen and oxygen atoms in total. The van der Waals surface area contributed by atoms with Gasteiger partial charge in [0.1, 0.15) is 0 Å². The lowest BCUT2D eigenvalue weighted by Gasteiger charge is -1.97. The van der Waals surface area contributed by atoms with Crippen LogP contribution in [0.3, 0.4) is 0 Å². The second-order valence-corrected chi connectivity index (χ2v) is 1.34. The summed E-state index contributed by atoms with van der Waals surface area (Å²) in [6.07, 6.45) is -3.03. The van der Waals surface area contributed by atoms with E-state index in [1.165, 1.54) is 0 Å². The van der Waals surface area contributed by atoms with E-state index < -0.39 is 18.8 Å². The number of halogens is 1. The van der Waals surface area contributed by atoms with Crippen molar-refractivity contribution in [2.45, 2.75) is 6.17 Å². The second kappa shape index (κ2) is 3.82. The second-order valence-electron chi connectivity index (χ2n) is 1.34. The Hall–Kier alpha value is -1.13. The number of carbonyl (C=O) groups is 2. The first-order valence-electron chi connectivity index (χ1n) is 2.23. The maximum atomic E-state index is 11.8. The number of hydrogen-bond donors (Lipinski definition) is 2. The summed E-state index contributed by atoms with van der Waals surface area (Å²) in [6, 6.07) is 0. The number of hydrogen-bond acceptors (Lipinski definition) is 2. The predicted molar refractivity (Wildman–Crippen MR) is 27.0 cm³/mol. The van der Waals surface area contributed by atoms with Gasteiger partial charge in [-0.25, -0.2) is 9.18 Å². The van der Waals surface area contributed by atoms with Crippen LogP contribution in [-0.2, 0) is 4.79 Å². The van der Waals surface area contributed by atoms with Crippen molar-refractivity contribution in [1.82, 2.24) is 5.32 Å². The minimum Gasteiger partial charge on any atom is -0.465 e. The summed E-state index contributed by atoms with van der Waals surface area (Å²) in [4.78, 5) is 19.1. The van der Waals surface area contributed by atoms with Crippen molar-refractivity contribution in [2.75, 3.05) is 6.54 Å². The third kappa shape index (κ3) is 4.73. The van der Waals surface area contributed by atoms with Gasteiger partial charge in [0.25, 0.3) is 0 Å². The van der Waals surface area contributed by atoms with E-state index in [0.29, 0.717) is 0 Å². The largest absolute Gasteiger partial charge is 0.465 e. The standard InChI is InChI=1S/C4H6FNO3/c5-3(2-7)1-6-4(8)9/h2-3,6H,1H2,(H,8,9). The van der Waals surface area contributed by atoms with Gasteiger partial charge in [-0.15, -0.1) is 0 Å². The molecular weight excluding hydrogens is 129 g/mol. The first-order valence-corrected chi connectivity index (χ1v) is 2.23. The molecule has 0 heterocycles. The van der Waals surface area contributed by atoms with Gasteiger partial charge >= 0.3 is 6.09 Å². The Morgan fingerprint density at radius 2 is 2.44 bits per heavy atom. The van der Waals surface area contributed by atoms with Crippen LogP contribution in [0.1, 0.15) is 0 Å². The van der Waals surface area contributed by atoms with Crippen molar-refractivity contribution in [2.24, 2.45) is 0 Å². The molecule has 0 aliphatic rings. The Morgan fingerprint density at radius 1 is 1.89 bits per heavy atom. The number of aldehydes is 1. The van der Waals surface area contributed by atoms with Gasteiger partial charge in [0.2, 0.25) is 0 Å². The molecule has 0 saturated carbocycles. The molecule has 0 rings (SSSR count). The topological polar surface area (TPSA) is 66.4 Å². The van der Waals surface area contributed by atoms with Crippen LogP contribution in [0, 0.1) is 0 Å². The number of alkyl halides is 1. The molecule has 1 amide bonds. The normalized spacial score (nSPS) is 12.1. The van der Waals surface area contributed by atoms with Crippen molar-refractivity contribution in [1.29, 1.82) is 0 Å². The highest BCUT2D eigenvalue weighted by molar-refractivity contribution is 5.65. The highest BCUT2D eigenvalue weighted by atomic mass is 19.1. The van der Waals surface area contributed by atoms with Crippen LogP contribution in [0.15, 0.2) is 0 Å². The average molecular weight is 135 g/mol. The number of nitrogens with one attached hydrogen (secondary N) is 1. The lowest BCUT2D eigenvalue weighted by atomic mass is 10.4. The highest BCUT2D eigenvalue weighted by Gasteiger charge is 2.03. The fraction of sp³-hybridized carbons (Fsp3) is 0.500. The molecule has 0 spiro atoms. The van der Waals surface area contributed by atoms with E-state index >= 15 is 0 Å². The van der Waals surface area contributed by atoms with E-state index in [2.05, 4.69) is 0 Å². The summed E-state index contributed by atoms with van der Waals surface area (Å²) in [5, 5.41) is 9.57. The summed E-state index contributed by atoms with van der Waals surface area (Å²) in [5.41, 5.74) is 0. The van der Waals surface area contributed by atoms with Crippen LogP contribution < -0.4 is 5.32 Å². The van der Waals surface area contributed by atoms with Crippen LogP contribution in [0.5, 0.6) is 0 Å². The summed E-state index contributed by atoms with van der Waals surface area (Å²) in [7, 11) is 0. The number of carbonyl (C=O) groups excluding carboxylic acids is 1. The number of carboxylic acid groups (broad SMARTS) is 1. The fourth-order valence-corrected chi connectivity index (χ4v) is 0.233. The number of amides is 1. The van der Waals surface area contributed by atoms with Crippen molar-refractivity contribution < 1.29 is 19.1 Å². The van der Waals surface area contributed by atoms with E-state index in [0.717, 1.165) is 0 Å². The molecule has 2 N–H and O–H groups in total. The van der Waals surface area contributed by atoms with E-state index in [-0.39, 0.29) is 6.29 Å². The van der Waals surface area contributed by atoms with Gasteiger partial charge in [-0.3, -0.25) is 0 Å². The lowest BCUT2D eigenvalue weighted by molar-refractivity contribution is -0.111. The SMILES string of the molecule is O=CC(F)CNC(=O)O. The molecule has 0 aromatic heterocycles. The Balaban J connectivity index is 3.26. The summed E-state index contributed by atoms with van der Waals surface area (Å²) in [5.74, 6) is 0. The van der Waals surface area contributed by atoms with E-state index in [9.17, 15) is 14.0 Å². The highest BCUT2D eigenvalue weighted by Crippen LogP contribution is 1.80. The maximum absolute atomic E-state index is 11.8. The van der Waals surface area contributed by atoms with Gasteiger partial charge in [-0.1, -0.05) is 0 Å². The molecule has 5 heteroatoms. The third-order valence-corrected chi connectivity index (χ3v) is 0.596. The summed E-state index contributed by atoms with van der Waals surface area (Å²) in [6.45, 7) is -0.473. The molecule has 0 radical (unpaired) electrons. The summed E-state index contributed by atoms with van der Waals surface area (Å²) < 4.78 is 11.8. The zero-order chi connectivity index (χ0) is 7.28. The molecule has 0 aromatic carbocycles. The molecular formula is C4H6FNO3. The first kappa shape index (κ1) is 7.87. The van der Waals surface area contributed by atoms with Crippen LogP contribution in [-0.4, -0.2) is 30.2 Å². The van der Waals surface area contributed by atoms with E-state index in [1.54, 1.807) is 5.32 Å². The molecule has 0 bridgehead atoms. The smallest absolute Gasteiger partial charge is 0.404 e. The molecule has 9 heavy (non-hydrogen) atoms. The van der Waals surface area contributed by atoms with Gasteiger partial charge in [-0.05, 0) is 0 Å². The summed E-state index contributed by atoms with van der Waals surface area (Å²) >= 11 is 0. The predicted octanol–water partition coefficient (Wildman–Crippen LogP) is -0.209. The van der Waals surface area contributed by atoms with E-state index in [1.807, 2.05) is 0 Å². The van der Waals surface area contributed by atoms with Crippen molar-refractivity contribution in [3.63, 3.8) is 0 Å². The lowest BCUT2D eigenvalue weighted by Crippen LogP contribution is -2.29. The first-order chi connectivity index (χ1) is 4.16. The van der Waals surface area contributed by atoms with Crippen LogP contribution in [0.2, 0.25) is 0 Å². The molecule has 0 aromatic rings. The Kier molecular flexibility index (Phi) is 3.34. The van der Waals surface area contributed by atoms with E-state index in [4.69, 9.17) is 5.11 Å². The van der Waals surface area contributed by atoms with Gasteiger partial charge < -0.3 is 15.2 Å². The molecule has 52 valence electrons. The van der Waals surface area contributed by atoms with Gasteiger partial charge in [0.15, 0.2) is 12.5 Å². The maximum Gasteiger partial charge on any atom is 0.404 e. The molecule has 1 atom stereocenters. The quantitative estimate of drug-likeness (QED) is 0.526. The van der Waals surface area contributed by atoms with Gasteiger partial charge in [0.05, 0.1) is 6.54 Å². The Bertz CT molecular complexity index is 116. The minimum atomic E-state index is -1.74. The number of rotatable bonds is 3. The Morgan fingerprint density at radius 3 is 2.78 bits per heavy atom.